The monoisotopic (exact) mass is 348 g/mol. The van der Waals surface area contributed by atoms with Gasteiger partial charge in [-0.1, -0.05) is 26.0 Å². The highest BCUT2D eigenvalue weighted by Crippen LogP contribution is 2.36. The van der Waals surface area contributed by atoms with Crippen LogP contribution in [0.5, 0.6) is 0 Å². The van der Waals surface area contributed by atoms with E-state index < -0.39 is 15.4 Å². The largest absolute Gasteiger partial charge is 0.352 e. The molecule has 7 nitrogen and oxygen atoms in total. The molecule has 0 bridgehead atoms. The summed E-state index contributed by atoms with van der Waals surface area (Å²) in [7, 11) is -3.85. The first-order chi connectivity index (χ1) is 11.5. The maximum Gasteiger partial charge on any atom is 0.288 e. The van der Waals surface area contributed by atoms with Crippen molar-refractivity contribution in [3.05, 3.63) is 40.8 Å². The minimum Gasteiger partial charge on any atom is -0.352 e. The molecule has 1 aromatic heterocycles. The maximum atomic E-state index is 12.8. The van der Waals surface area contributed by atoms with Gasteiger partial charge in [-0.3, -0.25) is 4.79 Å². The molecule has 128 valence electrons. The SMILES string of the molecule is CCN(CC)CCn1ncc2c(c1=O)S(=O)(=O)c1ccccc1N2. The van der Waals surface area contributed by atoms with E-state index in [1.54, 1.807) is 18.2 Å². The van der Waals surface area contributed by atoms with Gasteiger partial charge in [0.15, 0.2) is 4.90 Å². The summed E-state index contributed by atoms with van der Waals surface area (Å²) in [6.45, 7) is 6.80. The van der Waals surface area contributed by atoms with Crippen LogP contribution in [0, 0.1) is 0 Å². The number of hydrogen-bond donors (Lipinski definition) is 1. The van der Waals surface area contributed by atoms with E-state index in [2.05, 4.69) is 15.3 Å². The Morgan fingerprint density at radius 3 is 2.58 bits per heavy atom. The highest BCUT2D eigenvalue weighted by Gasteiger charge is 2.33. The standard InChI is InChI=1S/C16H20N4O3S/c1-3-19(4-2)9-10-20-16(21)15-13(11-17-20)18-12-7-5-6-8-14(12)24(15,22)23/h5-8,11,18H,3-4,9-10H2,1-2H3. The van der Waals surface area contributed by atoms with E-state index in [1.807, 2.05) is 13.8 Å². The van der Waals surface area contributed by atoms with Gasteiger partial charge in [0.2, 0.25) is 9.84 Å². The van der Waals surface area contributed by atoms with Crippen molar-refractivity contribution in [1.82, 2.24) is 14.7 Å². The van der Waals surface area contributed by atoms with E-state index in [4.69, 9.17) is 0 Å². The molecule has 0 amide bonds. The highest BCUT2D eigenvalue weighted by atomic mass is 32.2. The summed E-state index contributed by atoms with van der Waals surface area (Å²) in [5.74, 6) is 0. The number of nitrogens with zero attached hydrogens (tertiary/aromatic N) is 3. The number of benzene rings is 1. The number of nitrogens with one attached hydrogen (secondary N) is 1. The summed E-state index contributed by atoms with van der Waals surface area (Å²) in [6, 6.07) is 6.55. The zero-order valence-electron chi connectivity index (χ0n) is 13.7. The topological polar surface area (TPSA) is 84.3 Å². The fourth-order valence-corrected chi connectivity index (χ4v) is 4.43. The first-order valence-corrected chi connectivity index (χ1v) is 9.41. The van der Waals surface area contributed by atoms with Gasteiger partial charge in [-0.15, -0.1) is 0 Å². The average Bonchev–Trinajstić information content (AvgIpc) is 2.57. The van der Waals surface area contributed by atoms with E-state index in [0.717, 1.165) is 13.1 Å². The average molecular weight is 348 g/mol. The molecular weight excluding hydrogens is 328 g/mol. The van der Waals surface area contributed by atoms with Gasteiger partial charge in [0.25, 0.3) is 5.56 Å². The lowest BCUT2D eigenvalue weighted by Crippen LogP contribution is -2.35. The van der Waals surface area contributed by atoms with Crippen LogP contribution in [0.4, 0.5) is 11.4 Å². The first kappa shape index (κ1) is 16.7. The molecule has 1 aliphatic rings. The number of para-hydroxylation sites is 1. The van der Waals surface area contributed by atoms with Gasteiger partial charge in [0.05, 0.1) is 29.0 Å². The molecule has 0 saturated carbocycles. The lowest BCUT2D eigenvalue weighted by molar-refractivity contribution is 0.282. The maximum absolute atomic E-state index is 12.8. The molecule has 0 saturated heterocycles. The Morgan fingerprint density at radius 2 is 1.88 bits per heavy atom. The van der Waals surface area contributed by atoms with Crippen molar-refractivity contribution < 1.29 is 8.42 Å². The van der Waals surface area contributed by atoms with Crippen molar-refractivity contribution in [3.8, 4) is 0 Å². The summed E-state index contributed by atoms with van der Waals surface area (Å²) in [4.78, 5) is 14.7. The summed E-state index contributed by atoms with van der Waals surface area (Å²) in [5.41, 5.74) is 0.117. The van der Waals surface area contributed by atoms with E-state index in [1.165, 1.54) is 16.9 Å². The smallest absolute Gasteiger partial charge is 0.288 e. The van der Waals surface area contributed by atoms with Gasteiger partial charge in [-0.05, 0) is 25.2 Å². The van der Waals surface area contributed by atoms with Crippen LogP contribution in [-0.4, -0.2) is 42.7 Å². The number of likely N-dealkylation sites (N-methyl/N-ethyl adjacent to an activating group) is 1. The second-order valence-corrected chi connectivity index (χ2v) is 7.42. The predicted octanol–water partition coefficient (Wildman–Crippen LogP) is 1.47. The Morgan fingerprint density at radius 1 is 1.17 bits per heavy atom. The molecule has 2 heterocycles. The third-order valence-electron chi connectivity index (χ3n) is 4.24. The Bertz CT molecular complexity index is 917. The van der Waals surface area contributed by atoms with Crippen molar-refractivity contribution >= 4 is 21.2 Å². The normalized spacial score (nSPS) is 14.8. The zero-order chi connectivity index (χ0) is 17.3. The third-order valence-corrected chi connectivity index (χ3v) is 6.10. The predicted molar refractivity (Wildman–Crippen MR) is 91.5 cm³/mol. The Kier molecular flexibility index (Phi) is 4.42. The van der Waals surface area contributed by atoms with Crippen LogP contribution in [0.25, 0.3) is 0 Å². The quantitative estimate of drug-likeness (QED) is 0.752. The molecule has 3 rings (SSSR count). The molecule has 8 heteroatoms. The minimum atomic E-state index is -3.85. The summed E-state index contributed by atoms with van der Waals surface area (Å²) < 4.78 is 26.9. The molecular formula is C16H20N4O3S. The second kappa shape index (κ2) is 6.37. The fraction of sp³-hybridized carbons (Fsp3) is 0.375. The van der Waals surface area contributed by atoms with Crippen LogP contribution in [0.2, 0.25) is 0 Å². The lowest BCUT2D eigenvalue weighted by atomic mass is 10.3. The Labute approximate surface area is 140 Å². The van der Waals surface area contributed by atoms with Gasteiger partial charge >= 0.3 is 0 Å². The number of sulfone groups is 1. The summed E-state index contributed by atoms with van der Waals surface area (Å²) in [5, 5.41) is 7.11. The van der Waals surface area contributed by atoms with Crippen LogP contribution in [0.1, 0.15) is 13.8 Å². The van der Waals surface area contributed by atoms with E-state index in [9.17, 15) is 13.2 Å². The number of fused-ring (bicyclic) bond motifs is 2. The molecule has 0 radical (unpaired) electrons. The molecule has 0 unspecified atom stereocenters. The second-order valence-electron chi connectivity index (χ2n) is 5.57. The molecule has 2 aromatic rings. The molecule has 1 N–H and O–H groups in total. The molecule has 1 aromatic carbocycles. The number of rotatable bonds is 5. The molecule has 24 heavy (non-hydrogen) atoms. The van der Waals surface area contributed by atoms with Gasteiger partial charge in [0, 0.05) is 6.54 Å². The Balaban J connectivity index is 2.03. The Hall–Kier alpha value is -2.19. The van der Waals surface area contributed by atoms with E-state index in [0.29, 0.717) is 18.8 Å². The van der Waals surface area contributed by atoms with Crippen LogP contribution in [0.15, 0.2) is 45.0 Å². The number of hydrogen-bond acceptors (Lipinski definition) is 6. The summed E-state index contributed by atoms with van der Waals surface area (Å²) in [6.07, 6.45) is 1.41. The van der Waals surface area contributed by atoms with Gasteiger partial charge < -0.3 is 10.2 Å². The molecule has 0 fully saturated rings. The first-order valence-electron chi connectivity index (χ1n) is 7.92. The van der Waals surface area contributed by atoms with E-state index >= 15 is 0 Å². The molecule has 0 spiro atoms. The van der Waals surface area contributed by atoms with Gasteiger partial charge in [-0.25, -0.2) is 13.1 Å². The number of aromatic nitrogens is 2. The van der Waals surface area contributed by atoms with Crippen LogP contribution in [-0.2, 0) is 16.4 Å². The van der Waals surface area contributed by atoms with E-state index in [-0.39, 0.29) is 15.5 Å². The zero-order valence-corrected chi connectivity index (χ0v) is 14.5. The molecule has 0 atom stereocenters. The van der Waals surface area contributed by atoms with Gasteiger partial charge in [0.1, 0.15) is 0 Å². The molecule has 0 aliphatic carbocycles. The lowest BCUT2D eigenvalue weighted by Gasteiger charge is -2.22. The minimum absolute atomic E-state index is 0.121. The van der Waals surface area contributed by atoms with Gasteiger partial charge in [-0.2, -0.15) is 5.10 Å². The van der Waals surface area contributed by atoms with Crippen molar-refractivity contribution in [3.63, 3.8) is 0 Å². The van der Waals surface area contributed by atoms with Crippen molar-refractivity contribution in [1.29, 1.82) is 0 Å². The molecule has 1 aliphatic heterocycles. The third kappa shape index (κ3) is 2.71. The fourth-order valence-electron chi connectivity index (χ4n) is 2.81. The van der Waals surface area contributed by atoms with Crippen LogP contribution >= 0.6 is 0 Å². The van der Waals surface area contributed by atoms with Crippen molar-refractivity contribution in [2.24, 2.45) is 0 Å². The van der Waals surface area contributed by atoms with Crippen molar-refractivity contribution in [2.75, 3.05) is 25.0 Å². The van der Waals surface area contributed by atoms with Crippen molar-refractivity contribution in [2.45, 2.75) is 30.2 Å². The number of anilines is 2. The highest BCUT2D eigenvalue weighted by molar-refractivity contribution is 7.92. The van der Waals surface area contributed by atoms with Crippen LogP contribution in [0.3, 0.4) is 0 Å². The summed E-state index contributed by atoms with van der Waals surface area (Å²) >= 11 is 0. The van der Waals surface area contributed by atoms with Crippen LogP contribution < -0.4 is 10.9 Å².